The monoisotopic (exact) mass is 250 g/mol. The average molecular weight is 250 g/mol. The van der Waals surface area contributed by atoms with Crippen LogP contribution < -0.4 is 0 Å². The fourth-order valence-electron chi connectivity index (χ4n) is 2.02. The summed E-state index contributed by atoms with van der Waals surface area (Å²) in [5.41, 5.74) is 0.883. The van der Waals surface area contributed by atoms with Gasteiger partial charge < -0.3 is 14.7 Å². The van der Waals surface area contributed by atoms with E-state index < -0.39 is 6.10 Å². The van der Waals surface area contributed by atoms with E-state index in [0.29, 0.717) is 32.5 Å². The lowest BCUT2D eigenvalue weighted by atomic mass is 10.1. The highest BCUT2D eigenvalue weighted by Crippen LogP contribution is 2.14. The van der Waals surface area contributed by atoms with Crippen LogP contribution in [0.1, 0.15) is 18.5 Å². The Kier molecular flexibility index (Phi) is 4.66. The van der Waals surface area contributed by atoms with E-state index in [0.717, 1.165) is 5.69 Å². The van der Waals surface area contributed by atoms with Crippen molar-refractivity contribution in [3.8, 4) is 0 Å². The third-order valence-electron chi connectivity index (χ3n) is 2.97. The minimum absolute atomic E-state index is 0.000327. The van der Waals surface area contributed by atoms with Crippen molar-refractivity contribution in [3.05, 3.63) is 30.1 Å². The van der Waals surface area contributed by atoms with Crippen LogP contribution in [0.4, 0.5) is 0 Å². The third-order valence-corrected chi connectivity index (χ3v) is 2.97. The van der Waals surface area contributed by atoms with Crippen LogP contribution in [0.5, 0.6) is 0 Å². The zero-order chi connectivity index (χ0) is 12.8. The molecule has 1 aliphatic rings. The van der Waals surface area contributed by atoms with Crippen LogP contribution in [0.25, 0.3) is 0 Å². The van der Waals surface area contributed by atoms with Gasteiger partial charge in [0.1, 0.15) is 6.10 Å². The second-order valence-electron chi connectivity index (χ2n) is 4.31. The smallest absolute Gasteiger partial charge is 0.252 e. The summed E-state index contributed by atoms with van der Waals surface area (Å²) >= 11 is 0. The van der Waals surface area contributed by atoms with Gasteiger partial charge >= 0.3 is 0 Å². The Labute approximate surface area is 106 Å². The summed E-state index contributed by atoms with van der Waals surface area (Å²) in [6, 6.07) is 5.68. The Morgan fingerprint density at radius 3 is 3.11 bits per heavy atom. The summed E-state index contributed by atoms with van der Waals surface area (Å²) in [6.07, 6.45) is 2.49. The van der Waals surface area contributed by atoms with Crippen molar-refractivity contribution in [2.24, 2.45) is 0 Å². The molecular weight excluding hydrogens is 232 g/mol. The first-order chi connectivity index (χ1) is 8.81. The number of carbonyl (C=O) groups excluding carboxylic acids is 1. The first kappa shape index (κ1) is 13.0. The number of aliphatic hydroxyl groups is 1. The standard InChI is InChI=1S/C13H18N2O3/c16-8-3-5-12-13(17)15(7-9-18-12)10-11-4-1-2-6-14-11/h1-2,4,6,12,16H,3,5,7-10H2. The van der Waals surface area contributed by atoms with Gasteiger partial charge in [-0.25, -0.2) is 0 Å². The molecule has 1 aromatic rings. The molecule has 1 fully saturated rings. The number of carbonyl (C=O) groups is 1. The highest BCUT2D eigenvalue weighted by molar-refractivity contribution is 5.81. The lowest BCUT2D eigenvalue weighted by molar-refractivity contribution is -0.154. The maximum Gasteiger partial charge on any atom is 0.252 e. The quantitative estimate of drug-likeness (QED) is 0.830. The number of pyridine rings is 1. The Balaban J connectivity index is 1.94. The number of hydrogen-bond donors (Lipinski definition) is 1. The van der Waals surface area contributed by atoms with Crippen LogP contribution in [0, 0.1) is 0 Å². The van der Waals surface area contributed by atoms with Gasteiger partial charge in [0.15, 0.2) is 0 Å². The molecular formula is C13H18N2O3. The van der Waals surface area contributed by atoms with Crippen molar-refractivity contribution in [1.82, 2.24) is 9.88 Å². The molecule has 1 atom stereocenters. The number of rotatable bonds is 5. The Morgan fingerprint density at radius 2 is 2.39 bits per heavy atom. The van der Waals surface area contributed by atoms with Gasteiger partial charge in [0.2, 0.25) is 0 Å². The summed E-state index contributed by atoms with van der Waals surface area (Å²) in [5, 5.41) is 8.79. The largest absolute Gasteiger partial charge is 0.396 e. The second-order valence-corrected chi connectivity index (χ2v) is 4.31. The van der Waals surface area contributed by atoms with E-state index >= 15 is 0 Å². The molecule has 1 N–H and O–H groups in total. The van der Waals surface area contributed by atoms with Crippen molar-refractivity contribution in [1.29, 1.82) is 0 Å². The zero-order valence-electron chi connectivity index (χ0n) is 10.3. The van der Waals surface area contributed by atoms with Crippen molar-refractivity contribution in [2.75, 3.05) is 19.8 Å². The summed E-state index contributed by atoms with van der Waals surface area (Å²) < 4.78 is 5.44. The van der Waals surface area contributed by atoms with Crippen molar-refractivity contribution < 1.29 is 14.6 Å². The lowest BCUT2D eigenvalue weighted by Gasteiger charge is -2.32. The predicted molar refractivity (Wildman–Crippen MR) is 65.7 cm³/mol. The molecule has 0 aromatic carbocycles. The topological polar surface area (TPSA) is 62.7 Å². The molecule has 1 aliphatic heterocycles. The van der Waals surface area contributed by atoms with Crippen LogP contribution in [0.15, 0.2) is 24.4 Å². The molecule has 5 nitrogen and oxygen atoms in total. The molecule has 2 rings (SSSR count). The fraction of sp³-hybridized carbons (Fsp3) is 0.538. The highest BCUT2D eigenvalue weighted by atomic mass is 16.5. The number of morpholine rings is 1. The zero-order valence-corrected chi connectivity index (χ0v) is 10.3. The van der Waals surface area contributed by atoms with Gasteiger partial charge in [-0.1, -0.05) is 6.07 Å². The van der Waals surface area contributed by atoms with Gasteiger partial charge in [0, 0.05) is 19.3 Å². The van der Waals surface area contributed by atoms with Crippen molar-refractivity contribution in [3.63, 3.8) is 0 Å². The predicted octanol–water partition coefficient (Wildman–Crippen LogP) is 0.581. The normalized spacial score (nSPS) is 20.2. The molecule has 0 aliphatic carbocycles. The molecule has 5 heteroatoms. The van der Waals surface area contributed by atoms with Gasteiger partial charge in [-0.2, -0.15) is 0 Å². The maximum absolute atomic E-state index is 12.1. The number of hydrogen-bond acceptors (Lipinski definition) is 4. The Morgan fingerprint density at radius 1 is 1.50 bits per heavy atom. The fourth-order valence-corrected chi connectivity index (χ4v) is 2.02. The third kappa shape index (κ3) is 3.27. The summed E-state index contributed by atoms with van der Waals surface area (Å²) in [4.78, 5) is 18.1. The van der Waals surface area contributed by atoms with E-state index in [1.807, 2.05) is 18.2 Å². The summed E-state index contributed by atoms with van der Waals surface area (Å²) in [6.45, 7) is 1.77. The second kappa shape index (κ2) is 6.47. The number of nitrogens with zero attached hydrogens (tertiary/aromatic N) is 2. The van der Waals surface area contributed by atoms with E-state index in [9.17, 15) is 4.79 Å². The van der Waals surface area contributed by atoms with Gasteiger partial charge in [-0.05, 0) is 25.0 Å². The minimum atomic E-state index is -0.408. The minimum Gasteiger partial charge on any atom is -0.396 e. The molecule has 0 radical (unpaired) electrons. The van der Waals surface area contributed by atoms with E-state index in [1.54, 1.807) is 11.1 Å². The summed E-state index contributed by atoms with van der Waals surface area (Å²) in [5.74, 6) is 0.000327. The van der Waals surface area contributed by atoms with E-state index in [2.05, 4.69) is 4.98 Å². The van der Waals surface area contributed by atoms with Gasteiger partial charge in [-0.15, -0.1) is 0 Å². The van der Waals surface area contributed by atoms with Crippen LogP contribution >= 0.6 is 0 Å². The van der Waals surface area contributed by atoms with Gasteiger partial charge in [0.25, 0.3) is 5.91 Å². The molecule has 1 amide bonds. The van der Waals surface area contributed by atoms with Crippen molar-refractivity contribution in [2.45, 2.75) is 25.5 Å². The molecule has 1 aromatic heterocycles. The number of amides is 1. The Bertz CT molecular complexity index is 383. The maximum atomic E-state index is 12.1. The van der Waals surface area contributed by atoms with Crippen LogP contribution in [-0.2, 0) is 16.1 Å². The average Bonchev–Trinajstić information content (AvgIpc) is 2.41. The first-order valence-corrected chi connectivity index (χ1v) is 6.22. The number of ether oxygens (including phenoxy) is 1. The van der Waals surface area contributed by atoms with E-state index in [-0.39, 0.29) is 12.5 Å². The highest BCUT2D eigenvalue weighted by Gasteiger charge is 2.29. The van der Waals surface area contributed by atoms with Crippen molar-refractivity contribution >= 4 is 5.91 Å². The van der Waals surface area contributed by atoms with Crippen LogP contribution in [0.2, 0.25) is 0 Å². The van der Waals surface area contributed by atoms with Crippen LogP contribution in [-0.4, -0.2) is 46.8 Å². The molecule has 18 heavy (non-hydrogen) atoms. The molecule has 0 bridgehead atoms. The first-order valence-electron chi connectivity index (χ1n) is 6.22. The lowest BCUT2D eigenvalue weighted by Crippen LogP contribution is -2.47. The number of aromatic nitrogens is 1. The molecule has 1 saturated heterocycles. The van der Waals surface area contributed by atoms with E-state index in [4.69, 9.17) is 9.84 Å². The number of aliphatic hydroxyl groups excluding tert-OH is 1. The Hall–Kier alpha value is -1.46. The SMILES string of the molecule is O=C1C(CCCO)OCCN1Cc1ccccn1. The van der Waals surface area contributed by atoms with Crippen LogP contribution in [0.3, 0.4) is 0 Å². The molecule has 0 saturated carbocycles. The van der Waals surface area contributed by atoms with E-state index in [1.165, 1.54) is 0 Å². The molecule has 98 valence electrons. The molecule has 1 unspecified atom stereocenters. The summed E-state index contributed by atoms with van der Waals surface area (Å²) in [7, 11) is 0. The molecule has 2 heterocycles. The molecule has 0 spiro atoms. The van der Waals surface area contributed by atoms with Gasteiger partial charge in [-0.3, -0.25) is 9.78 Å². The van der Waals surface area contributed by atoms with Gasteiger partial charge in [0.05, 0.1) is 18.8 Å².